The summed E-state index contributed by atoms with van der Waals surface area (Å²) in [5.74, 6) is -4.01. The van der Waals surface area contributed by atoms with Gasteiger partial charge in [-0.15, -0.1) is 0 Å². The molecule has 2 aromatic heterocycles. The Balaban J connectivity index is 2.16. The Morgan fingerprint density at radius 1 is 1.09 bits per heavy atom. The molecule has 10 heteroatoms. The number of primary amides is 1. The van der Waals surface area contributed by atoms with Gasteiger partial charge >= 0.3 is 5.97 Å². The maximum atomic E-state index is 14.5. The number of rotatable bonds is 5. The van der Waals surface area contributed by atoms with Crippen LogP contribution in [0.2, 0.25) is 0 Å². The average molecular weight is 457 g/mol. The van der Waals surface area contributed by atoms with Gasteiger partial charge in [0.25, 0.3) is 0 Å². The zero-order chi connectivity index (χ0) is 23.5. The number of fused-ring (bicyclic) bond motifs is 2. The number of benzene rings is 2. The Bertz CT molecular complexity index is 1550. The summed E-state index contributed by atoms with van der Waals surface area (Å²) in [6, 6.07) is 6.95. The number of hydrogen-bond acceptors (Lipinski definition) is 4. The minimum Gasteiger partial charge on any atom is -0.477 e. The number of carboxylic acids is 1. The smallest absolute Gasteiger partial charge is 0.352 e. The maximum absolute atomic E-state index is 14.5. The van der Waals surface area contributed by atoms with Crippen molar-refractivity contribution in [2.75, 3.05) is 6.26 Å². The van der Waals surface area contributed by atoms with Gasteiger partial charge < -0.3 is 20.8 Å². The lowest BCUT2D eigenvalue weighted by molar-refractivity contribution is -0.118. The lowest BCUT2D eigenvalue weighted by Crippen LogP contribution is -2.24. The van der Waals surface area contributed by atoms with Crippen LogP contribution in [0.4, 0.5) is 4.39 Å². The summed E-state index contributed by atoms with van der Waals surface area (Å²) in [6.45, 7) is 3.38. The second-order valence-electron chi connectivity index (χ2n) is 7.81. The van der Waals surface area contributed by atoms with Crippen molar-refractivity contribution in [3.63, 3.8) is 0 Å². The molecule has 0 aliphatic heterocycles. The van der Waals surface area contributed by atoms with Crippen LogP contribution in [0.3, 0.4) is 0 Å². The number of amides is 1. The minimum absolute atomic E-state index is 0.0261. The number of aryl methyl sites for hydroxylation is 2. The predicted molar refractivity (Wildman–Crippen MR) is 117 cm³/mol. The lowest BCUT2D eigenvalue weighted by Gasteiger charge is -2.16. The Morgan fingerprint density at radius 3 is 2.38 bits per heavy atom. The highest BCUT2D eigenvalue weighted by Crippen LogP contribution is 2.40. The van der Waals surface area contributed by atoms with Gasteiger partial charge in [0.05, 0.1) is 16.3 Å². The van der Waals surface area contributed by atoms with Crippen molar-refractivity contribution in [1.29, 1.82) is 0 Å². The normalized spacial score (nSPS) is 13.0. The van der Waals surface area contributed by atoms with Crippen LogP contribution in [0, 0.1) is 19.7 Å². The Labute approximate surface area is 182 Å². The molecule has 0 aliphatic carbocycles. The van der Waals surface area contributed by atoms with E-state index in [0.29, 0.717) is 27.7 Å². The van der Waals surface area contributed by atoms with Crippen LogP contribution >= 0.6 is 0 Å². The van der Waals surface area contributed by atoms with Crippen molar-refractivity contribution in [1.82, 2.24) is 9.97 Å². The first-order chi connectivity index (χ1) is 14.9. The summed E-state index contributed by atoms with van der Waals surface area (Å²) >= 11 is 0. The molecule has 1 atom stereocenters. The van der Waals surface area contributed by atoms with Crippen molar-refractivity contribution >= 4 is 43.5 Å². The molecule has 166 valence electrons. The Kier molecular flexibility index (Phi) is 4.85. The third-order valence-corrected chi connectivity index (χ3v) is 6.77. The van der Waals surface area contributed by atoms with Gasteiger partial charge in [0.15, 0.2) is 9.84 Å². The minimum atomic E-state index is -3.61. The zero-order valence-corrected chi connectivity index (χ0v) is 18.2. The second kappa shape index (κ2) is 7.20. The van der Waals surface area contributed by atoms with E-state index in [1.165, 1.54) is 24.3 Å². The number of nitrogens with two attached hydrogens (primary N) is 1. The van der Waals surface area contributed by atoms with Gasteiger partial charge in [-0.3, -0.25) is 4.79 Å². The van der Waals surface area contributed by atoms with Crippen molar-refractivity contribution in [3.8, 4) is 0 Å². The third-order valence-electron chi connectivity index (χ3n) is 5.66. The monoisotopic (exact) mass is 457 g/mol. The molecule has 1 unspecified atom stereocenters. The second-order valence-corrected chi connectivity index (χ2v) is 9.83. The van der Waals surface area contributed by atoms with E-state index in [0.717, 1.165) is 6.26 Å². The molecule has 0 saturated carbocycles. The quantitative estimate of drug-likeness (QED) is 0.364. The first-order valence-corrected chi connectivity index (χ1v) is 11.5. The van der Waals surface area contributed by atoms with Gasteiger partial charge in [-0.2, -0.15) is 0 Å². The highest BCUT2D eigenvalue weighted by atomic mass is 32.2. The summed E-state index contributed by atoms with van der Waals surface area (Å²) < 4.78 is 38.7. The lowest BCUT2D eigenvalue weighted by atomic mass is 9.85. The number of hydrogen-bond donors (Lipinski definition) is 4. The molecule has 0 radical (unpaired) electrons. The van der Waals surface area contributed by atoms with Crippen LogP contribution in [0.1, 0.15) is 38.8 Å². The molecule has 32 heavy (non-hydrogen) atoms. The van der Waals surface area contributed by atoms with Gasteiger partial charge in [0.1, 0.15) is 11.5 Å². The Morgan fingerprint density at radius 2 is 1.78 bits per heavy atom. The topological polar surface area (TPSA) is 146 Å². The van der Waals surface area contributed by atoms with Gasteiger partial charge in [-0.05, 0) is 49.2 Å². The first-order valence-electron chi connectivity index (χ1n) is 9.57. The van der Waals surface area contributed by atoms with E-state index in [2.05, 4.69) is 9.97 Å². The average Bonchev–Trinajstić information content (AvgIpc) is 3.24. The van der Waals surface area contributed by atoms with Crippen LogP contribution in [-0.2, 0) is 14.6 Å². The van der Waals surface area contributed by atoms with E-state index in [9.17, 15) is 27.5 Å². The Hall–Kier alpha value is -3.66. The van der Waals surface area contributed by atoms with Gasteiger partial charge in [0.2, 0.25) is 5.91 Å². The zero-order valence-electron chi connectivity index (χ0n) is 17.4. The van der Waals surface area contributed by atoms with E-state index in [1.54, 1.807) is 19.9 Å². The van der Waals surface area contributed by atoms with Crippen LogP contribution < -0.4 is 5.73 Å². The maximum Gasteiger partial charge on any atom is 0.352 e. The van der Waals surface area contributed by atoms with Crippen LogP contribution in [0.15, 0.2) is 35.2 Å². The molecule has 8 nitrogen and oxygen atoms in total. The summed E-state index contributed by atoms with van der Waals surface area (Å²) in [5, 5.41) is 10.5. The van der Waals surface area contributed by atoms with E-state index in [4.69, 9.17) is 5.73 Å². The number of aromatic carboxylic acids is 1. The third kappa shape index (κ3) is 3.23. The molecule has 2 aromatic carbocycles. The predicted octanol–water partition coefficient (Wildman–Crippen LogP) is 3.12. The summed E-state index contributed by atoms with van der Waals surface area (Å²) in [7, 11) is -3.61. The largest absolute Gasteiger partial charge is 0.477 e. The van der Waals surface area contributed by atoms with Crippen LogP contribution in [-0.4, -0.2) is 41.6 Å². The molecule has 1 amide bonds. The molecular formula is C22H20FN3O5S. The number of nitrogens with one attached hydrogen (secondary N) is 2. The number of carbonyl (C=O) groups is 2. The van der Waals surface area contributed by atoms with Crippen molar-refractivity contribution in [3.05, 3.63) is 64.2 Å². The molecule has 0 bridgehead atoms. The number of halogens is 1. The number of H-pyrrole nitrogens is 2. The number of sulfone groups is 1. The molecule has 0 spiro atoms. The van der Waals surface area contributed by atoms with Crippen molar-refractivity contribution in [2.24, 2.45) is 5.73 Å². The number of carbonyl (C=O) groups excluding carboxylic acids is 1. The molecule has 5 N–H and O–H groups in total. The molecule has 2 heterocycles. The highest BCUT2D eigenvalue weighted by Gasteiger charge is 2.34. The first kappa shape index (κ1) is 21.6. The fourth-order valence-corrected chi connectivity index (χ4v) is 4.92. The standard InChI is InChI=1S/C22H20FN3O5S/c1-9-4-6-13(23)19-15(9)16(10(2)25-19)18(21(24)27)17-12-8-11(32(3,30)31)5-7-14(12)26-20(17)22(28)29/h4-8,18,25-26H,1-3H3,(H2,24,27)(H,28,29). The molecule has 4 rings (SSSR count). The van der Waals surface area contributed by atoms with Crippen LogP contribution in [0.5, 0.6) is 0 Å². The summed E-state index contributed by atoms with van der Waals surface area (Å²) in [4.78, 5) is 30.5. The SMILES string of the molecule is Cc1[nH]c2c(F)ccc(C)c2c1C(C(N)=O)c1c(C(=O)O)[nH]c2ccc(S(C)(=O)=O)cc12. The number of carboxylic acid groups (broad SMARTS) is 1. The van der Waals surface area contributed by atoms with E-state index in [1.807, 2.05) is 0 Å². The van der Waals surface area contributed by atoms with Crippen LogP contribution in [0.25, 0.3) is 21.8 Å². The van der Waals surface area contributed by atoms with E-state index < -0.39 is 33.4 Å². The van der Waals surface area contributed by atoms with Gasteiger partial charge in [-0.25, -0.2) is 17.6 Å². The number of aromatic nitrogens is 2. The van der Waals surface area contributed by atoms with Gasteiger partial charge in [-0.1, -0.05) is 6.07 Å². The molecule has 0 fully saturated rings. The van der Waals surface area contributed by atoms with E-state index in [-0.39, 0.29) is 27.1 Å². The molecule has 0 saturated heterocycles. The fourth-order valence-electron chi connectivity index (χ4n) is 4.27. The molecular weight excluding hydrogens is 437 g/mol. The number of aromatic amines is 2. The van der Waals surface area contributed by atoms with E-state index >= 15 is 0 Å². The van der Waals surface area contributed by atoms with Crippen molar-refractivity contribution < 1.29 is 27.5 Å². The summed E-state index contributed by atoms with van der Waals surface area (Å²) in [5.41, 5.74) is 7.48. The molecule has 0 aliphatic rings. The fraction of sp³-hybridized carbons (Fsp3) is 0.182. The highest BCUT2D eigenvalue weighted by molar-refractivity contribution is 7.90. The summed E-state index contributed by atoms with van der Waals surface area (Å²) in [6.07, 6.45) is 1.03. The molecule has 4 aromatic rings. The van der Waals surface area contributed by atoms with Crippen molar-refractivity contribution in [2.45, 2.75) is 24.7 Å². The van der Waals surface area contributed by atoms with Gasteiger partial charge in [0, 0.05) is 33.8 Å².